The van der Waals surface area contributed by atoms with Crippen LogP contribution in [0.1, 0.15) is 348 Å². The van der Waals surface area contributed by atoms with Gasteiger partial charge in [0.25, 0.3) is 0 Å². The largest absolute Gasteiger partial charge is 0.462 e. The van der Waals surface area contributed by atoms with Gasteiger partial charge in [-0.05, 0) is 103 Å². The Kier molecular flexibility index (Phi) is 60.7. The molecule has 0 spiro atoms. The summed E-state index contributed by atoms with van der Waals surface area (Å²) in [4.78, 5) is 38.3. The first kappa shape index (κ1) is 71.4. The van der Waals surface area contributed by atoms with Crippen molar-refractivity contribution in [3.05, 3.63) is 48.6 Å². The fourth-order valence-corrected chi connectivity index (χ4v) is 9.58. The predicted octanol–water partition coefficient (Wildman–Crippen LogP) is 22.2. The van der Waals surface area contributed by atoms with E-state index < -0.39 is 6.10 Å². The molecule has 0 amide bonds. The average molecular weight is 1040 g/mol. The Morgan fingerprint density at radius 3 is 0.784 bits per heavy atom. The van der Waals surface area contributed by atoms with Crippen LogP contribution in [-0.2, 0) is 28.6 Å². The molecule has 74 heavy (non-hydrogen) atoms. The number of allylic oxidation sites excluding steroid dienone is 8. The van der Waals surface area contributed by atoms with Crippen molar-refractivity contribution in [1.29, 1.82) is 0 Å². The highest BCUT2D eigenvalue weighted by atomic mass is 16.6. The SMILES string of the molecule is CCCCC/C=C\C/C=C\CCCCCCCCCC(=O)OC(COC(=O)CCCCCCC/C=C\CCCCCCC)COC(=O)CCCCCCCCCCCCCCC/C=C\CCCCCCCCCC. The summed E-state index contributed by atoms with van der Waals surface area (Å²) in [5.74, 6) is -0.874. The Bertz CT molecular complexity index is 1280. The summed E-state index contributed by atoms with van der Waals surface area (Å²) in [5.41, 5.74) is 0. The van der Waals surface area contributed by atoms with Crippen LogP contribution >= 0.6 is 0 Å². The monoisotopic (exact) mass is 1040 g/mol. The minimum atomic E-state index is -0.780. The molecule has 0 saturated carbocycles. The van der Waals surface area contributed by atoms with Gasteiger partial charge in [-0.1, -0.05) is 275 Å². The van der Waals surface area contributed by atoms with Crippen molar-refractivity contribution in [3.63, 3.8) is 0 Å². The minimum absolute atomic E-state index is 0.0765. The smallest absolute Gasteiger partial charge is 0.306 e. The summed E-state index contributed by atoms with van der Waals surface area (Å²) < 4.78 is 16.9. The molecular formula is C68H124O6. The van der Waals surface area contributed by atoms with E-state index in [0.29, 0.717) is 19.3 Å². The number of ether oxygens (including phenoxy) is 3. The van der Waals surface area contributed by atoms with Crippen LogP contribution in [0.4, 0.5) is 0 Å². The van der Waals surface area contributed by atoms with Crippen molar-refractivity contribution in [2.24, 2.45) is 0 Å². The van der Waals surface area contributed by atoms with Gasteiger partial charge >= 0.3 is 17.9 Å². The number of esters is 3. The van der Waals surface area contributed by atoms with Crippen molar-refractivity contribution in [2.45, 2.75) is 354 Å². The van der Waals surface area contributed by atoms with Gasteiger partial charge in [0.15, 0.2) is 6.10 Å². The van der Waals surface area contributed by atoms with Crippen LogP contribution in [0, 0.1) is 0 Å². The lowest BCUT2D eigenvalue weighted by atomic mass is 10.0. The van der Waals surface area contributed by atoms with E-state index in [2.05, 4.69) is 69.4 Å². The standard InChI is InChI=1S/C68H124O6/c1-4-7-10-13-16-19-22-25-28-30-31-32-33-34-35-36-37-39-40-43-46-49-52-55-58-61-67(70)73-64-65(63-72-66(69)60-57-54-51-48-45-42-27-24-21-18-15-12-9-6-3)74-68(71)62-59-56-53-50-47-44-41-38-29-26-23-20-17-14-11-8-5-2/h17,20,24,26-27,29-31,65H,4-16,18-19,21-23,25,28,32-64H2,1-3H3/b20-17-,27-24-,29-26-,31-30-. The molecule has 1 unspecified atom stereocenters. The number of carbonyl (C=O) groups is 3. The van der Waals surface area contributed by atoms with Crippen molar-refractivity contribution in [2.75, 3.05) is 13.2 Å². The van der Waals surface area contributed by atoms with Crippen LogP contribution in [0.3, 0.4) is 0 Å². The zero-order chi connectivity index (χ0) is 53.6. The summed E-state index contributed by atoms with van der Waals surface area (Å²) in [6.45, 7) is 6.64. The Morgan fingerprint density at radius 1 is 0.270 bits per heavy atom. The topological polar surface area (TPSA) is 78.9 Å². The molecule has 0 bridgehead atoms. The van der Waals surface area contributed by atoms with E-state index >= 15 is 0 Å². The highest BCUT2D eigenvalue weighted by molar-refractivity contribution is 5.71. The normalized spacial score (nSPS) is 12.3. The van der Waals surface area contributed by atoms with E-state index in [9.17, 15) is 14.4 Å². The van der Waals surface area contributed by atoms with E-state index in [1.165, 1.54) is 231 Å². The maximum Gasteiger partial charge on any atom is 0.306 e. The Morgan fingerprint density at radius 2 is 0.486 bits per heavy atom. The molecule has 1 atom stereocenters. The number of unbranched alkanes of at least 4 members (excludes halogenated alkanes) is 41. The van der Waals surface area contributed by atoms with Gasteiger partial charge in [-0.25, -0.2) is 0 Å². The van der Waals surface area contributed by atoms with Gasteiger partial charge in [-0.3, -0.25) is 14.4 Å². The summed E-state index contributed by atoms with van der Waals surface area (Å²) in [7, 11) is 0. The Balaban J connectivity index is 4.28. The molecule has 0 aromatic heterocycles. The molecule has 0 aromatic carbocycles. The minimum Gasteiger partial charge on any atom is -0.462 e. The van der Waals surface area contributed by atoms with Crippen molar-refractivity contribution >= 4 is 17.9 Å². The third-order valence-corrected chi connectivity index (χ3v) is 14.5. The Hall–Kier alpha value is -2.63. The quantitative estimate of drug-likeness (QED) is 0.0261. The Labute approximate surface area is 460 Å². The average Bonchev–Trinajstić information content (AvgIpc) is 3.40. The molecule has 0 fully saturated rings. The van der Waals surface area contributed by atoms with Gasteiger partial charge in [0.2, 0.25) is 0 Å². The first-order valence-electron chi connectivity index (χ1n) is 32.6. The number of carbonyl (C=O) groups excluding carboxylic acids is 3. The van der Waals surface area contributed by atoms with Crippen LogP contribution in [-0.4, -0.2) is 37.2 Å². The first-order chi connectivity index (χ1) is 36.5. The van der Waals surface area contributed by atoms with E-state index in [0.717, 1.165) is 77.0 Å². The molecule has 6 heteroatoms. The third-order valence-electron chi connectivity index (χ3n) is 14.5. The summed E-state index contributed by atoms with van der Waals surface area (Å²) in [6, 6.07) is 0. The summed E-state index contributed by atoms with van der Waals surface area (Å²) in [5, 5.41) is 0. The van der Waals surface area contributed by atoms with Crippen LogP contribution in [0.2, 0.25) is 0 Å². The van der Waals surface area contributed by atoms with E-state index in [-0.39, 0.29) is 31.1 Å². The van der Waals surface area contributed by atoms with E-state index in [1.54, 1.807) is 0 Å². The molecule has 0 rings (SSSR count). The van der Waals surface area contributed by atoms with Gasteiger partial charge < -0.3 is 14.2 Å². The maximum absolute atomic E-state index is 12.9. The molecule has 0 radical (unpaired) electrons. The number of hydrogen-bond acceptors (Lipinski definition) is 6. The first-order valence-corrected chi connectivity index (χ1v) is 32.6. The zero-order valence-corrected chi connectivity index (χ0v) is 49.6. The molecule has 6 nitrogen and oxygen atoms in total. The molecule has 0 aromatic rings. The molecule has 0 saturated heterocycles. The number of rotatable bonds is 60. The summed E-state index contributed by atoms with van der Waals surface area (Å²) >= 11 is 0. The van der Waals surface area contributed by atoms with Crippen LogP contribution in [0.25, 0.3) is 0 Å². The second-order valence-electron chi connectivity index (χ2n) is 22.0. The lowest BCUT2D eigenvalue weighted by Crippen LogP contribution is -2.30. The third kappa shape index (κ3) is 60.2. The van der Waals surface area contributed by atoms with Crippen LogP contribution < -0.4 is 0 Å². The fraction of sp³-hybridized carbons (Fsp3) is 0.838. The number of hydrogen-bond donors (Lipinski definition) is 0. The van der Waals surface area contributed by atoms with Gasteiger partial charge in [0.1, 0.15) is 13.2 Å². The van der Waals surface area contributed by atoms with Gasteiger partial charge in [0, 0.05) is 19.3 Å². The van der Waals surface area contributed by atoms with Crippen LogP contribution in [0.5, 0.6) is 0 Å². The van der Waals surface area contributed by atoms with Crippen molar-refractivity contribution in [3.8, 4) is 0 Å². The highest BCUT2D eigenvalue weighted by Crippen LogP contribution is 2.17. The van der Waals surface area contributed by atoms with Gasteiger partial charge in [0.05, 0.1) is 0 Å². The van der Waals surface area contributed by atoms with Crippen molar-refractivity contribution < 1.29 is 28.6 Å². The zero-order valence-electron chi connectivity index (χ0n) is 49.6. The lowest BCUT2D eigenvalue weighted by molar-refractivity contribution is -0.167. The van der Waals surface area contributed by atoms with Gasteiger partial charge in [-0.2, -0.15) is 0 Å². The second-order valence-corrected chi connectivity index (χ2v) is 22.0. The predicted molar refractivity (Wildman–Crippen MR) is 321 cm³/mol. The molecule has 0 N–H and O–H groups in total. The maximum atomic E-state index is 12.9. The molecule has 0 aliphatic heterocycles. The molecule has 432 valence electrons. The summed E-state index contributed by atoms with van der Waals surface area (Å²) in [6.07, 6.45) is 78.3. The van der Waals surface area contributed by atoms with Crippen LogP contribution in [0.15, 0.2) is 48.6 Å². The van der Waals surface area contributed by atoms with E-state index in [4.69, 9.17) is 14.2 Å². The van der Waals surface area contributed by atoms with Crippen molar-refractivity contribution in [1.82, 2.24) is 0 Å². The second kappa shape index (κ2) is 62.9. The molecule has 0 heterocycles. The highest BCUT2D eigenvalue weighted by Gasteiger charge is 2.19. The molecule has 0 aliphatic rings. The molecule has 0 aliphatic carbocycles. The van der Waals surface area contributed by atoms with E-state index in [1.807, 2.05) is 0 Å². The fourth-order valence-electron chi connectivity index (χ4n) is 9.58. The van der Waals surface area contributed by atoms with Gasteiger partial charge in [-0.15, -0.1) is 0 Å². The molecular weight excluding hydrogens is 913 g/mol. The lowest BCUT2D eigenvalue weighted by Gasteiger charge is -2.18.